The monoisotopic (exact) mass is 922 g/mol. The van der Waals surface area contributed by atoms with Gasteiger partial charge in [-0.25, -0.2) is 0 Å². The molecule has 0 amide bonds. The number of fused-ring (bicyclic) bond motifs is 13. The summed E-state index contributed by atoms with van der Waals surface area (Å²) >= 11 is 0. The summed E-state index contributed by atoms with van der Waals surface area (Å²) in [5, 5.41) is 5.18. The fourth-order valence-corrected chi connectivity index (χ4v) is 15.0. The minimum absolute atomic E-state index is 0.00910. The summed E-state index contributed by atoms with van der Waals surface area (Å²) < 4.78 is 5.31. The Hall–Kier alpha value is -9.25. The SMILES string of the molecule is c1ccc(N2c3ccccc3B3c4c2cc2c5c4-n4c6c3cccc6c3c4c(cc4c6ccccc6n(-c6ccccc6)c43)B5c3cccc4c3N2c2ccccc2C4(c2ccccc2)c2ccccc2)cc1. The van der Waals surface area contributed by atoms with E-state index < -0.39 is 5.41 Å². The number of anilines is 6. The van der Waals surface area contributed by atoms with Crippen LogP contribution >= 0.6 is 0 Å². The van der Waals surface area contributed by atoms with Crippen molar-refractivity contribution in [1.82, 2.24) is 9.13 Å². The highest BCUT2D eigenvalue weighted by Crippen LogP contribution is 2.59. The first-order valence-corrected chi connectivity index (χ1v) is 25.7. The molecule has 11 aromatic carbocycles. The van der Waals surface area contributed by atoms with Crippen LogP contribution in [0, 0.1) is 0 Å². The van der Waals surface area contributed by atoms with Crippen LogP contribution in [0.2, 0.25) is 0 Å². The van der Waals surface area contributed by atoms with E-state index in [0.29, 0.717) is 0 Å². The second-order valence-electron chi connectivity index (χ2n) is 20.6. The molecule has 0 spiro atoms. The summed E-state index contributed by atoms with van der Waals surface area (Å²) in [6, 6.07) is 92.0. The molecule has 0 atom stereocenters. The minimum Gasteiger partial charge on any atom is -0.311 e. The lowest BCUT2D eigenvalue weighted by molar-refractivity contribution is 0.732. The molecule has 0 N–H and O–H groups in total. The molecule has 6 heteroatoms. The van der Waals surface area contributed by atoms with Gasteiger partial charge in [-0.1, -0.05) is 194 Å². The summed E-state index contributed by atoms with van der Waals surface area (Å²) in [5.41, 5.74) is 27.6. The average molecular weight is 923 g/mol. The maximum atomic E-state index is 2.76. The van der Waals surface area contributed by atoms with Gasteiger partial charge in [0.05, 0.1) is 27.7 Å². The van der Waals surface area contributed by atoms with E-state index in [1.165, 1.54) is 138 Å². The highest BCUT2D eigenvalue weighted by Gasteiger charge is 2.55. The van der Waals surface area contributed by atoms with Crippen LogP contribution < -0.4 is 42.6 Å². The number of benzene rings is 11. The summed E-state index contributed by atoms with van der Waals surface area (Å²) in [6.07, 6.45) is 0. The van der Waals surface area contributed by atoms with E-state index in [1.54, 1.807) is 0 Å². The van der Waals surface area contributed by atoms with Crippen LogP contribution in [0.1, 0.15) is 22.3 Å². The maximum Gasteiger partial charge on any atom is 0.252 e. The Morgan fingerprint density at radius 2 is 0.877 bits per heavy atom. The van der Waals surface area contributed by atoms with Gasteiger partial charge in [0.15, 0.2) is 0 Å². The number of hydrogen-bond acceptors (Lipinski definition) is 2. The normalized spacial score (nSPS) is 14.6. The molecule has 0 saturated carbocycles. The number of para-hydroxylation sites is 7. The van der Waals surface area contributed by atoms with E-state index in [1.807, 2.05) is 0 Å². The van der Waals surface area contributed by atoms with Gasteiger partial charge in [0.2, 0.25) is 0 Å². The molecule has 334 valence electrons. The summed E-state index contributed by atoms with van der Waals surface area (Å²) in [6.45, 7) is -0.0714. The molecular formula is C67H40B2N4. The predicted molar refractivity (Wildman–Crippen MR) is 306 cm³/mol. The molecule has 0 bridgehead atoms. The topological polar surface area (TPSA) is 16.3 Å². The molecular weight excluding hydrogens is 882 g/mol. The van der Waals surface area contributed by atoms with E-state index in [9.17, 15) is 0 Å². The predicted octanol–water partition coefficient (Wildman–Crippen LogP) is 11.8. The molecule has 2 aromatic heterocycles. The van der Waals surface area contributed by atoms with Gasteiger partial charge in [-0.05, 0) is 104 Å². The molecule has 0 aliphatic carbocycles. The van der Waals surface area contributed by atoms with Gasteiger partial charge >= 0.3 is 0 Å². The van der Waals surface area contributed by atoms with Crippen molar-refractivity contribution >= 4 is 124 Å². The minimum atomic E-state index is -0.609. The first-order chi connectivity index (χ1) is 36.3. The molecule has 0 fully saturated rings. The lowest BCUT2D eigenvalue weighted by atomic mass is 9.29. The van der Waals surface area contributed by atoms with Crippen molar-refractivity contribution in [2.24, 2.45) is 0 Å². The quantitative estimate of drug-likeness (QED) is 0.164. The van der Waals surface area contributed by atoms with Gasteiger partial charge in [-0.2, -0.15) is 0 Å². The second kappa shape index (κ2) is 13.6. The fourth-order valence-electron chi connectivity index (χ4n) is 15.0. The van der Waals surface area contributed by atoms with Crippen LogP contribution in [0.5, 0.6) is 0 Å². The average Bonchev–Trinajstić information content (AvgIpc) is 3.99. The van der Waals surface area contributed by atoms with Gasteiger partial charge < -0.3 is 18.9 Å². The zero-order valence-electron chi connectivity index (χ0n) is 39.5. The molecule has 13 aromatic rings. The van der Waals surface area contributed by atoms with Crippen molar-refractivity contribution in [3.05, 3.63) is 265 Å². The van der Waals surface area contributed by atoms with Crippen molar-refractivity contribution in [3.8, 4) is 11.4 Å². The standard InChI is InChI=1S/C67H40B2N4/c1-5-21-41(22-6-1)67(42-23-7-2-8-24-42)48-31-14-17-37-55(48)72-58-40-57-60-66-61(58)69(52-35-20-32-49(67)64(52)72)53-39-47-45-29-13-16-36-54(45)71(44-27-11-4-12-28-44)63(47)59-46-30-19-34-51(62(46)73(66)65(53)59)68(60)50-33-15-18-38-56(50)70(57)43-25-9-3-10-26-43/h1-40H. The van der Waals surface area contributed by atoms with E-state index in [4.69, 9.17) is 0 Å². The van der Waals surface area contributed by atoms with Crippen LogP contribution in [0.15, 0.2) is 243 Å². The Morgan fingerprint density at radius 1 is 0.315 bits per heavy atom. The Bertz CT molecular complexity index is 4540. The largest absolute Gasteiger partial charge is 0.311 e. The summed E-state index contributed by atoms with van der Waals surface area (Å²) in [5.74, 6) is 0. The van der Waals surface area contributed by atoms with E-state index in [2.05, 4.69) is 262 Å². The summed E-state index contributed by atoms with van der Waals surface area (Å²) in [4.78, 5) is 5.26. The van der Waals surface area contributed by atoms with Gasteiger partial charge in [-0.15, -0.1) is 0 Å². The molecule has 5 aliphatic heterocycles. The zero-order chi connectivity index (χ0) is 47.3. The first kappa shape index (κ1) is 38.5. The van der Waals surface area contributed by atoms with Crippen LogP contribution in [-0.2, 0) is 5.41 Å². The van der Waals surface area contributed by atoms with Gasteiger partial charge in [0, 0.05) is 66.9 Å². The van der Waals surface area contributed by atoms with Crippen molar-refractivity contribution in [2.75, 3.05) is 9.80 Å². The van der Waals surface area contributed by atoms with Crippen LogP contribution in [0.3, 0.4) is 0 Å². The van der Waals surface area contributed by atoms with E-state index in [-0.39, 0.29) is 13.4 Å². The molecule has 4 nitrogen and oxygen atoms in total. The van der Waals surface area contributed by atoms with E-state index in [0.717, 1.165) is 5.69 Å². The number of hydrogen-bond donors (Lipinski definition) is 0. The highest BCUT2D eigenvalue weighted by atomic mass is 15.2. The molecule has 18 rings (SSSR count). The van der Waals surface area contributed by atoms with Crippen LogP contribution in [0.25, 0.3) is 55.0 Å². The smallest absolute Gasteiger partial charge is 0.252 e. The third-order valence-corrected chi connectivity index (χ3v) is 17.5. The third-order valence-electron chi connectivity index (χ3n) is 17.5. The second-order valence-corrected chi connectivity index (χ2v) is 20.6. The molecule has 5 aliphatic rings. The Kier molecular flexibility index (Phi) is 7.16. The Morgan fingerprint density at radius 3 is 1.64 bits per heavy atom. The van der Waals surface area contributed by atoms with Crippen molar-refractivity contribution in [1.29, 1.82) is 0 Å². The number of aromatic nitrogens is 2. The molecule has 73 heavy (non-hydrogen) atoms. The highest BCUT2D eigenvalue weighted by molar-refractivity contribution is 7.04. The van der Waals surface area contributed by atoms with Gasteiger partial charge in [0.25, 0.3) is 13.4 Å². The van der Waals surface area contributed by atoms with Crippen LogP contribution in [0.4, 0.5) is 34.1 Å². The van der Waals surface area contributed by atoms with Crippen molar-refractivity contribution < 1.29 is 0 Å². The number of rotatable bonds is 4. The lowest BCUT2D eigenvalue weighted by Crippen LogP contribution is -2.67. The maximum absolute atomic E-state index is 2.76. The van der Waals surface area contributed by atoms with Gasteiger partial charge in [-0.3, -0.25) is 0 Å². The summed E-state index contributed by atoms with van der Waals surface area (Å²) in [7, 11) is 0. The number of nitrogens with zero attached hydrogens (tertiary/aromatic N) is 4. The third kappa shape index (κ3) is 4.46. The van der Waals surface area contributed by atoms with Crippen molar-refractivity contribution in [3.63, 3.8) is 0 Å². The van der Waals surface area contributed by atoms with Crippen LogP contribution in [-0.4, -0.2) is 22.6 Å². The zero-order valence-corrected chi connectivity index (χ0v) is 39.5. The van der Waals surface area contributed by atoms with Crippen molar-refractivity contribution in [2.45, 2.75) is 5.41 Å². The van der Waals surface area contributed by atoms with Gasteiger partial charge in [0.1, 0.15) is 0 Å². The Balaban J connectivity index is 1.09. The molecule has 0 unspecified atom stereocenters. The lowest BCUT2D eigenvalue weighted by Gasteiger charge is -2.52. The Labute approximate surface area is 422 Å². The fraction of sp³-hybridized carbons (Fsp3) is 0.0149. The molecule has 7 heterocycles. The molecule has 0 radical (unpaired) electrons. The van der Waals surface area contributed by atoms with E-state index >= 15 is 0 Å². The first-order valence-electron chi connectivity index (χ1n) is 25.7. The molecule has 0 saturated heterocycles.